The maximum atomic E-state index is 12.6. The summed E-state index contributed by atoms with van der Waals surface area (Å²) in [5, 5.41) is 16.5. The van der Waals surface area contributed by atoms with Crippen molar-refractivity contribution in [1.82, 2.24) is 5.32 Å². The van der Waals surface area contributed by atoms with Gasteiger partial charge in [0.1, 0.15) is 18.0 Å². The van der Waals surface area contributed by atoms with E-state index in [4.69, 9.17) is 21.1 Å². The van der Waals surface area contributed by atoms with Crippen molar-refractivity contribution in [2.24, 2.45) is 5.92 Å². The number of carbonyl (C=O) groups is 2. The number of rotatable bonds is 8. The zero-order valence-electron chi connectivity index (χ0n) is 18.8. The predicted octanol–water partition coefficient (Wildman–Crippen LogP) is 3.78. The number of hydrogen-bond donors (Lipinski definition) is 3. The highest BCUT2D eigenvalue weighted by Crippen LogP contribution is 2.47. The number of amides is 2. The van der Waals surface area contributed by atoms with E-state index in [1.54, 1.807) is 12.1 Å². The number of fused-ring (bicyclic) bond motifs is 3. The molecule has 0 radical (unpaired) electrons. The average Bonchev–Trinajstić information content (AvgIpc) is 3.56. The van der Waals surface area contributed by atoms with Crippen molar-refractivity contribution < 1.29 is 24.2 Å². The van der Waals surface area contributed by atoms with Crippen LogP contribution in [0.5, 0.6) is 5.75 Å². The van der Waals surface area contributed by atoms with Crippen LogP contribution >= 0.6 is 11.6 Å². The first-order valence-corrected chi connectivity index (χ1v) is 12.2. The summed E-state index contributed by atoms with van der Waals surface area (Å²) in [6.45, 7) is 0.219. The van der Waals surface area contributed by atoms with E-state index in [9.17, 15) is 14.7 Å². The largest absolute Gasteiger partial charge is 0.487 e. The average molecular weight is 485 g/mol. The van der Waals surface area contributed by atoms with Gasteiger partial charge in [0, 0.05) is 35.2 Å². The Labute approximate surface area is 203 Å². The Bertz CT molecular complexity index is 1060. The highest BCUT2D eigenvalue weighted by atomic mass is 35.5. The summed E-state index contributed by atoms with van der Waals surface area (Å²) in [6.07, 6.45) is 2.44. The summed E-state index contributed by atoms with van der Waals surface area (Å²) in [4.78, 5) is 24.8. The number of ether oxygens (including phenoxy) is 2. The fourth-order valence-corrected chi connectivity index (χ4v) is 4.97. The second kappa shape index (κ2) is 9.94. The summed E-state index contributed by atoms with van der Waals surface area (Å²) in [5.41, 5.74) is 2.70. The number of aliphatic hydroxyl groups is 1. The van der Waals surface area contributed by atoms with Gasteiger partial charge in [-0.25, -0.2) is 0 Å². The SMILES string of the molecule is O=C(C[C@@H]1C[C@@H]2c3cc(NC(=O)CC4CC4)ccc3O[C@@H]2[C@H](CO)O1)NCc1ccc(Cl)cc1. The van der Waals surface area contributed by atoms with Crippen LogP contribution in [0.2, 0.25) is 5.02 Å². The Morgan fingerprint density at radius 1 is 1.06 bits per heavy atom. The molecule has 4 atom stereocenters. The second-order valence-electron chi connectivity index (χ2n) is 9.46. The van der Waals surface area contributed by atoms with Crippen LogP contribution in [-0.2, 0) is 20.9 Å². The van der Waals surface area contributed by atoms with Gasteiger partial charge in [0.15, 0.2) is 0 Å². The molecule has 2 aliphatic heterocycles. The molecule has 7 nitrogen and oxygen atoms in total. The quantitative estimate of drug-likeness (QED) is 0.530. The van der Waals surface area contributed by atoms with E-state index in [-0.39, 0.29) is 43.0 Å². The van der Waals surface area contributed by atoms with Crippen LogP contribution in [0.25, 0.3) is 0 Å². The van der Waals surface area contributed by atoms with Gasteiger partial charge < -0.3 is 25.2 Å². The minimum absolute atomic E-state index is 0.0183. The maximum Gasteiger partial charge on any atom is 0.224 e. The lowest BCUT2D eigenvalue weighted by Gasteiger charge is -2.37. The van der Waals surface area contributed by atoms with Crippen molar-refractivity contribution in [2.45, 2.75) is 62.9 Å². The molecule has 1 saturated heterocycles. The smallest absolute Gasteiger partial charge is 0.224 e. The molecule has 1 aliphatic carbocycles. The first-order valence-electron chi connectivity index (χ1n) is 11.9. The topological polar surface area (TPSA) is 96.9 Å². The summed E-state index contributed by atoms with van der Waals surface area (Å²) >= 11 is 5.91. The number of halogens is 1. The monoisotopic (exact) mass is 484 g/mol. The second-order valence-corrected chi connectivity index (χ2v) is 9.90. The predicted molar refractivity (Wildman–Crippen MR) is 128 cm³/mol. The van der Waals surface area contributed by atoms with Crippen LogP contribution in [0.3, 0.4) is 0 Å². The summed E-state index contributed by atoms with van der Waals surface area (Å²) in [7, 11) is 0. The first-order chi connectivity index (χ1) is 16.5. The van der Waals surface area contributed by atoms with Gasteiger partial charge in [-0.15, -0.1) is 0 Å². The van der Waals surface area contributed by atoms with Crippen LogP contribution in [0, 0.1) is 5.92 Å². The van der Waals surface area contributed by atoms with Gasteiger partial charge in [-0.2, -0.15) is 0 Å². The molecule has 8 heteroatoms. The number of aliphatic hydroxyl groups excluding tert-OH is 1. The number of carbonyl (C=O) groups excluding carboxylic acids is 2. The standard InChI is InChI=1S/C26H29ClN2O5/c27-17-5-3-16(4-6-17)13-28-24(31)12-19-11-21-20-10-18(29-25(32)9-15-1-2-15)7-8-22(20)34-26(21)23(14-30)33-19/h3-8,10,15,19,21,23,26,30H,1-2,9,11-14H2,(H,28,31)(H,29,32)/t19-,21+,23-,26-/m0/s1. The van der Waals surface area contributed by atoms with Gasteiger partial charge in [0.05, 0.1) is 19.1 Å². The lowest BCUT2D eigenvalue weighted by Crippen LogP contribution is -2.47. The summed E-state index contributed by atoms with van der Waals surface area (Å²) in [6, 6.07) is 13.0. The van der Waals surface area contributed by atoms with E-state index in [1.807, 2.05) is 30.3 Å². The molecule has 0 aromatic heterocycles. The Hall–Kier alpha value is -2.61. The first kappa shape index (κ1) is 23.1. The van der Waals surface area contributed by atoms with Crippen LogP contribution in [0.4, 0.5) is 5.69 Å². The van der Waals surface area contributed by atoms with Crippen molar-refractivity contribution in [2.75, 3.05) is 11.9 Å². The highest BCUT2D eigenvalue weighted by Gasteiger charge is 2.46. The molecule has 1 saturated carbocycles. The molecule has 34 heavy (non-hydrogen) atoms. The van der Waals surface area contributed by atoms with E-state index in [1.165, 1.54) is 0 Å². The highest BCUT2D eigenvalue weighted by molar-refractivity contribution is 6.30. The zero-order chi connectivity index (χ0) is 23.7. The Morgan fingerprint density at radius 3 is 2.59 bits per heavy atom. The molecule has 0 unspecified atom stereocenters. The summed E-state index contributed by atoms with van der Waals surface area (Å²) < 4.78 is 12.1. The summed E-state index contributed by atoms with van der Waals surface area (Å²) in [5.74, 6) is 1.17. The fourth-order valence-electron chi connectivity index (χ4n) is 4.84. The van der Waals surface area contributed by atoms with E-state index < -0.39 is 6.10 Å². The van der Waals surface area contributed by atoms with E-state index in [0.717, 1.165) is 35.4 Å². The normalized spacial score (nSPS) is 25.1. The van der Waals surface area contributed by atoms with Gasteiger partial charge in [-0.05, 0) is 61.1 Å². The van der Waals surface area contributed by atoms with Crippen molar-refractivity contribution in [3.8, 4) is 5.75 Å². The van der Waals surface area contributed by atoms with Crippen LogP contribution < -0.4 is 15.4 Å². The van der Waals surface area contributed by atoms with Crippen LogP contribution in [0.1, 0.15) is 49.1 Å². The van der Waals surface area contributed by atoms with Gasteiger partial charge >= 0.3 is 0 Å². The van der Waals surface area contributed by atoms with E-state index in [0.29, 0.717) is 30.3 Å². The Kier molecular flexibility index (Phi) is 6.77. The van der Waals surface area contributed by atoms with Gasteiger partial charge in [-0.3, -0.25) is 9.59 Å². The fraction of sp³-hybridized carbons (Fsp3) is 0.462. The number of nitrogens with one attached hydrogen (secondary N) is 2. The maximum absolute atomic E-state index is 12.6. The number of anilines is 1. The van der Waals surface area contributed by atoms with Crippen molar-refractivity contribution >= 4 is 29.1 Å². The lowest BCUT2D eigenvalue weighted by atomic mass is 9.84. The van der Waals surface area contributed by atoms with Crippen LogP contribution in [0.15, 0.2) is 42.5 Å². The zero-order valence-corrected chi connectivity index (χ0v) is 19.6. The minimum atomic E-state index is -0.520. The van der Waals surface area contributed by atoms with Crippen LogP contribution in [-0.4, -0.2) is 41.8 Å². The molecule has 2 fully saturated rings. The number of benzene rings is 2. The third-order valence-corrected chi connectivity index (χ3v) is 7.02. The molecule has 5 rings (SSSR count). The molecule has 180 valence electrons. The van der Waals surface area contributed by atoms with Gasteiger partial charge in [0.25, 0.3) is 0 Å². The van der Waals surface area contributed by atoms with Gasteiger partial charge in [0.2, 0.25) is 11.8 Å². The Balaban J connectivity index is 1.22. The number of hydrogen-bond acceptors (Lipinski definition) is 5. The molecule has 0 spiro atoms. The van der Waals surface area contributed by atoms with E-state index >= 15 is 0 Å². The van der Waals surface area contributed by atoms with Crippen molar-refractivity contribution in [3.05, 3.63) is 58.6 Å². The molecule has 0 bridgehead atoms. The molecular formula is C26H29ClN2O5. The molecule has 2 aromatic carbocycles. The molecular weight excluding hydrogens is 456 g/mol. The van der Waals surface area contributed by atoms with Gasteiger partial charge in [-0.1, -0.05) is 23.7 Å². The molecule has 2 aromatic rings. The third kappa shape index (κ3) is 5.37. The Morgan fingerprint density at radius 2 is 1.85 bits per heavy atom. The van der Waals surface area contributed by atoms with Crippen molar-refractivity contribution in [3.63, 3.8) is 0 Å². The van der Waals surface area contributed by atoms with E-state index in [2.05, 4.69) is 10.6 Å². The molecule has 2 heterocycles. The van der Waals surface area contributed by atoms with Crippen molar-refractivity contribution in [1.29, 1.82) is 0 Å². The third-order valence-electron chi connectivity index (χ3n) is 6.77. The minimum Gasteiger partial charge on any atom is -0.487 e. The lowest BCUT2D eigenvalue weighted by molar-refractivity contribution is -0.142. The molecule has 2 amide bonds. The molecule has 3 aliphatic rings. The molecule has 3 N–H and O–H groups in total.